The molecule has 0 spiro atoms. The Kier molecular flexibility index (Phi) is 4.03. The zero-order valence-electron chi connectivity index (χ0n) is 8.95. The van der Waals surface area contributed by atoms with Crippen molar-refractivity contribution in [3.8, 4) is 5.75 Å². The lowest BCUT2D eigenvalue weighted by atomic mass is 10.3. The first kappa shape index (κ1) is 13.2. The monoisotopic (exact) mass is 251 g/mol. The van der Waals surface area contributed by atoms with Crippen molar-refractivity contribution in [2.75, 3.05) is 5.32 Å². The average molecular weight is 251 g/mol. The summed E-state index contributed by atoms with van der Waals surface area (Å²) in [4.78, 5) is 32.2. The molecule has 1 rings (SSSR count). The molecular formula is C11H9NO6. The van der Waals surface area contributed by atoms with Gasteiger partial charge in [0.25, 0.3) is 0 Å². The first-order valence-corrected chi connectivity index (χ1v) is 4.68. The molecule has 0 heterocycles. The Labute approximate surface area is 101 Å². The molecule has 0 amide bonds. The van der Waals surface area contributed by atoms with E-state index in [-0.39, 0.29) is 5.69 Å². The second-order valence-corrected chi connectivity index (χ2v) is 3.18. The summed E-state index contributed by atoms with van der Waals surface area (Å²) >= 11 is 0. The summed E-state index contributed by atoms with van der Waals surface area (Å²) in [6.07, 6.45) is 0.779. The van der Waals surface area contributed by atoms with Crippen molar-refractivity contribution < 1.29 is 24.9 Å². The van der Waals surface area contributed by atoms with Crippen molar-refractivity contribution in [3.05, 3.63) is 46.3 Å². The minimum absolute atomic E-state index is 0.257. The van der Waals surface area contributed by atoms with Crippen LogP contribution >= 0.6 is 0 Å². The van der Waals surface area contributed by atoms with Crippen LogP contribution in [0.2, 0.25) is 0 Å². The first-order chi connectivity index (χ1) is 8.41. The Hall–Kier alpha value is -2.83. The minimum Gasteiger partial charge on any atom is -0.504 e. The molecule has 0 saturated heterocycles. The number of anilines is 1. The second-order valence-electron chi connectivity index (χ2n) is 3.18. The Bertz CT molecular complexity index is 562. The molecule has 0 aliphatic carbocycles. The fraction of sp³-hybridized carbons (Fsp3) is 0. The molecular weight excluding hydrogens is 242 g/mol. The molecule has 94 valence electrons. The molecule has 7 nitrogen and oxygen atoms in total. The quantitative estimate of drug-likeness (QED) is 0.342. The van der Waals surface area contributed by atoms with E-state index in [0.717, 1.165) is 18.3 Å². The Balaban J connectivity index is 3.02. The molecule has 0 aliphatic rings. The summed E-state index contributed by atoms with van der Waals surface area (Å²) in [6.45, 7) is 0. The van der Waals surface area contributed by atoms with Gasteiger partial charge in [-0.15, -0.1) is 0 Å². The summed E-state index contributed by atoms with van der Waals surface area (Å²) < 4.78 is 0. The van der Waals surface area contributed by atoms with Crippen LogP contribution in [0.25, 0.3) is 0 Å². The number of aromatic hydroxyl groups is 1. The molecule has 4 N–H and O–H groups in total. The van der Waals surface area contributed by atoms with E-state index in [9.17, 15) is 14.4 Å². The molecule has 0 radical (unpaired) electrons. The van der Waals surface area contributed by atoms with Gasteiger partial charge in [-0.3, -0.25) is 4.79 Å². The van der Waals surface area contributed by atoms with E-state index in [1.54, 1.807) is 0 Å². The third-order valence-corrected chi connectivity index (χ3v) is 1.93. The van der Waals surface area contributed by atoms with Crippen molar-refractivity contribution in [1.82, 2.24) is 0 Å². The summed E-state index contributed by atoms with van der Waals surface area (Å²) in [5.41, 5.74) is -1.20. The zero-order valence-corrected chi connectivity index (χ0v) is 8.95. The summed E-state index contributed by atoms with van der Waals surface area (Å²) in [6, 6.07) is 4.75. The van der Waals surface area contributed by atoms with Crippen LogP contribution in [0.3, 0.4) is 0 Å². The van der Waals surface area contributed by atoms with E-state index in [4.69, 9.17) is 15.3 Å². The SMILES string of the molecule is O=C(O)C(=CNc1ccc(O)c(=O)cc1)C(=O)O. The first-order valence-electron chi connectivity index (χ1n) is 4.68. The van der Waals surface area contributed by atoms with Crippen LogP contribution in [0, 0.1) is 0 Å². The van der Waals surface area contributed by atoms with Gasteiger partial charge in [-0.25, -0.2) is 9.59 Å². The Morgan fingerprint density at radius 3 is 2.17 bits per heavy atom. The fourth-order valence-electron chi connectivity index (χ4n) is 1.02. The van der Waals surface area contributed by atoms with Crippen LogP contribution in [-0.2, 0) is 9.59 Å². The van der Waals surface area contributed by atoms with Crippen LogP contribution in [-0.4, -0.2) is 27.3 Å². The summed E-state index contributed by atoms with van der Waals surface area (Å²) in [5, 5.41) is 28.7. The molecule has 7 heteroatoms. The third-order valence-electron chi connectivity index (χ3n) is 1.93. The van der Waals surface area contributed by atoms with Crippen molar-refractivity contribution in [2.24, 2.45) is 0 Å². The summed E-state index contributed by atoms with van der Waals surface area (Å²) in [5.74, 6) is -3.66. The van der Waals surface area contributed by atoms with Gasteiger partial charge in [0.2, 0.25) is 5.43 Å². The molecule has 18 heavy (non-hydrogen) atoms. The predicted molar refractivity (Wildman–Crippen MR) is 61.4 cm³/mol. The van der Waals surface area contributed by atoms with Gasteiger partial charge in [-0.05, 0) is 24.3 Å². The number of rotatable bonds is 4. The Morgan fingerprint density at radius 2 is 1.61 bits per heavy atom. The highest BCUT2D eigenvalue weighted by molar-refractivity contribution is 6.12. The van der Waals surface area contributed by atoms with Crippen LogP contribution in [0.15, 0.2) is 40.8 Å². The number of hydrogen-bond donors (Lipinski definition) is 4. The van der Waals surface area contributed by atoms with Gasteiger partial charge in [0, 0.05) is 11.9 Å². The van der Waals surface area contributed by atoms with E-state index in [2.05, 4.69) is 5.32 Å². The maximum atomic E-state index is 11.0. The normalized spacial score (nSPS) is 9.33. The maximum absolute atomic E-state index is 11.0. The van der Waals surface area contributed by atoms with Gasteiger partial charge >= 0.3 is 11.9 Å². The average Bonchev–Trinajstić information content (AvgIpc) is 2.43. The Morgan fingerprint density at radius 1 is 1.06 bits per heavy atom. The molecule has 0 aromatic heterocycles. The van der Waals surface area contributed by atoms with Gasteiger partial charge in [0.05, 0.1) is 0 Å². The van der Waals surface area contributed by atoms with Gasteiger partial charge in [-0.2, -0.15) is 0 Å². The lowest BCUT2D eigenvalue weighted by Crippen LogP contribution is -2.12. The largest absolute Gasteiger partial charge is 0.504 e. The standard InChI is InChI=1S/C11H9NO6/c13-8-3-1-6(2-4-9(8)14)12-5-7(10(15)16)11(17)18/h1-5,12H,(H,13,14)(H,15,16)(H,17,18). The van der Waals surface area contributed by atoms with Crippen LogP contribution < -0.4 is 10.7 Å². The van der Waals surface area contributed by atoms with Crippen molar-refractivity contribution in [2.45, 2.75) is 0 Å². The number of carbonyl (C=O) groups is 2. The van der Waals surface area contributed by atoms with E-state index < -0.39 is 28.7 Å². The molecule has 0 unspecified atom stereocenters. The highest BCUT2D eigenvalue weighted by atomic mass is 16.4. The zero-order chi connectivity index (χ0) is 13.7. The van der Waals surface area contributed by atoms with E-state index in [1.807, 2.05) is 0 Å². The van der Waals surface area contributed by atoms with Crippen molar-refractivity contribution in [1.29, 1.82) is 0 Å². The minimum atomic E-state index is -1.59. The maximum Gasteiger partial charge on any atom is 0.344 e. The lowest BCUT2D eigenvalue weighted by molar-refractivity contribution is -0.140. The summed E-state index contributed by atoms with van der Waals surface area (Å²) in [7, 11) is 0. The van der Waals surface area contributed by atoms with Gasteiger partial charge < -0.3 is 20.6 Å². The van der Waals surface area contributed by atoms with E-state index >= 15 is 0 Å². The fourth-order valence-corrected chi connectivity index (χ4v) is 1.02. The topological polar surface area (TPSA) is 124 Å². The second kappa shape index (κ2) is 5.48. The smallest absolute Gasteiger partial charge is 0.344 e. The number of nitrogens with one attached hydrogen (secondary N) is 1. The van der Waals surface area contributed by atoms with E-state index in [0.29, 0.717) is 0 Å². The number of carboxylic acid groups (broad SMARTS) is 2. The van der Waals surface area contributed by atoms with Gasteiger partial charge in [0.1, 0.15) is 0 Å². The molecule has 0 aliphatic heterocycles. The van der Waals surface area contributed by atoms with Crippen LogP contribution in [0.5, 0.6) is 5.75 Å². The van der Waals surface area contributed by atoms with Gasteiger partial charge in [-0.1, -0.05) is 0 Å². The van der Waals surface area contributed by atoms with Crippen LogP contribution in [0.4, 0.5) is 5.69 Å². The van der Waals surface area contributed by atoms with E-state index in [1.165, 1.54) is 12.1 Å². The number of aliphatic carboxylic acids is 2. The number of hydrogen-bond acceptors (Lipinski definition) is 5. The number of carboxylic acids is 2. The molecule has 1 aromatic rings. The van der Waals surface area contributed by atoms with Crippen molar-refractivity contribution >= 4 is 17.6 Å². The van der Waals surface area contributed by atoms with Gasteiger partial charge in [0.15, 0.2) is 11.3 Å². The molecule has 1 aromatic carbocycles. The predicted octanol–water partition coefficient (Wildman–Crippen LogP) is 0.217. The highest BCUT2D eigenvalue weighted by Gasteiger charge is 2.15. The molecule has 0 atom stereocenters. The molecule has 0 fully saturated rings. The molecule has 0 bridgehead atoms. The van der Waals surface area contributed by atoms with Crippen molar-refractivity contribution in [3.63, 3.8) is 0 Å². The highest BCUT2D eigenvalue weighted by Crippen LogP contribution is 2.08. The lowest BCUT2D eigenvalue weighted by Gasteiger charge is -1.99. The molecule has 0 saturated carbocycles. The van der Waals surface area contributed by atoms with Crippen LogP contribution in [0.1, 0.15) is 0 Å². The third kappa shape index (κ3) is 3.34.